The van der Waals surface area contributed by atoms with Gasteiger partial charge in [0.15, 0.2) is 25.2 Å². The minimum Gasteiger partial charge on any atom is -0.394 e. The third-order valence-corrected chi connectivity index (χ3v) is 8.57. The van der Waals surface area contributed by atoms with Crippen LogP contribution in [0.25, 0.3) is 0 Å². The summed E-state index contributed by atoms with van der Waals surface area (Å²) in [5, 5.41) is 127. The molecule has 4 aliphatic rings. The highest BCUT2D eigenvalue weighted by molar-refractivity contribution is 5.73. The molecular weight excluding hydrogens is 646 g/mol. The summed E-state index contributed by atoms with van der Waals surface area (Å²) in [5.41, 5.74) is 0. The van der Waals surface area contributed by atoms with Gasteiger partial charge in [0.2, 0.25) is 5.91 Å². The Hall–Kier alpha value is -1.29. The van der Waals surface area contributed by atoms with E-state index in [1.165, 1.54) is 6.92 Å². The fourth-order valence-electron chi connectivity index (χ4n) is 5.86. The van der Waals surface area contributed by atoms with Gasteiger partial charge in [-0.05, 0) is 6.92 Å². The van der Waals surface area contributed by atoms with E-state index in [-0.39, 0.29) is 0 Å². The Bertz CT molecular complexity index is 1010. The van der Waals surface area contributed by atoms with Crippen molar-refractivity contribution in [2.75, 3.05) is 19.8 Å². The van der Waals surface area contributed by atoms with E-state index in [0.717, 1.165) is 6.92 Å². The number of carbonyl (C=O) groups excluding carboxylic acids is 1. The average molecular weight is 692 g/mol. The predicted molar refractivity (Wildman–Crippen MR) is 144 cm³/mol. The van der Waals surface area contributed by atoms with Crippen LogP contribution < -0.4 is 5.32 Å². The topological polar surface area (TPSA) is 336 Å². The SMILES string of the molecule is CC(=O)N[C@H]1[C@@H](O[C@H]2[C@@H](O)[C@@H](CO)O[C@@H](O[C@H]3[C@H](O)[C@@H](O)C(O)O[C@@H]3CO)[C@@H]2O[C@@H]2O[C@@H](C)[C@@H](O)[C@@H](O)[C@@H]2O)O[C@H](CO)[C@H](O)[C@@H]1O. The molecule has 0 radical (unpaired) electrons. The lowest BCUT2D eigenvalue weighted by Crippen LogP contribution is -2.69. The smallest absolute Gasteiger partial charge is 0.217 e. The van der Waals surface area contributed by atoms with E-state index in [2.05, 4.69) is 5.32 Å². The predicted octanol–water partition coefficient (Wildman–Crippen LogP) is -8.58. The van der Waals surface area contributed by atoms with Crippen LogP contribution in [0.4, 0.5) is 0 Å². The normalized spacial score (nSPS) is 51.0. The highest BCUT2D eigenvalue weighted by Crippen LogP contribution is 2.35. The molecule has 0 saturated carbocycles. The van der Waals surface area contributed by atoms with Gasteiger partial charge in [-0.2, -0.15) is 0 Å². The van der Waals surface area contributed by atoms with Gasteiger partial charge in [0.05, 0.1) is 25.9 Å². The summed E-state index contributed by atoms with van der Waals surface area (Å²) in [4.78, 5) is 12.0. The highest BCUT2D eigenvalue weighted by Gasteiger charge is 2.56. The molecule has 274 valence electrons. The Kier molecular flexibility index (Phi) is 13.2. The first kappa shape index (κ1) is 38.5. The van der Waals surface area contributed by atoms with Crippen molar-refractivity contribution in [3.8, 4) is 0 Å². The molecule has 0 bridgehead atoms. The average Bonchev–Trinajstić information content (AvgIpc) is 3.04. The highest BCUT2D eigenvalue weighted by atomic mass is 16.8. The van der Waals surface area contributed by atoms with E-state index in [1.54, 1.807) is 0 Å². The summed E-state index contributed by atoms with van der Waals surface area (Å²) < 4.78 is 39.7. The molecule has 21 nitrogen and oxygen atoms in total. The van der Waals surface area contributed by atoms with Crippen molar-refractivity contribution in [3.63, 3.8) is 0 Å². The maximum atomic E-state index is 12.0. The van der Waals surface area contributed by atoms with Crippen molar-refractivity contribution in [2.24, 2.45) is 0 Å². The summed E-state index contributed by atoms with van der Waals surface area (Å²) in [6, 6.07) is -1.54. The third kappa shape index (κ3) is 8.04. The van der Waals surface area contributed by atoms with Crippen LogP contribution in [0.15, 0.2) is 0 Å². The molecule has 1 unspecified atom stereocenters. The monoisotopic (exact) mass is 691 g/mol. The van der Waals surface area contributed by atoms with Gasteiger partial charge in [0.25, 0.3) is 0 Å². The van der Waals surface area contributed by atoms with Crippen molar-refractivity contribution in [2.45, 2.75) is 137 Å². The number of ether oxygens (including phenoxy) is 7. The maximum absolute atomic E-state index is 12.0. The van der Waals surface area contributed by atoms with E-state index in [9.17, 15) is 66.1 Å². The molecular formula is C26H45NO20. The fourth-order valence-corrected chi connectivity index (χ4v) is 5.86. The molecule has 47 heavy (non-hydrogen) atoms. The minimum absolute atomic E-state index is 0.710. The van der Waals surface area contributed by atoms with Crippen LogP contribution in [0.5, 0.6) is 0 Å². The molecule has 0 aromatic rings. The second-order valence-electron chi connectivity index (χ2n) is 11.9. The molecule has 0 spiro atoms. The molecule has 20 atom stereocenters. The van der Waals surface area contributed by atoms with Gasteiger partial charge >= 0.3 is 0 Å². The van der Waals surface area contributed by atoms with Crippen LogP contribution in [0.1, 0.15) is 13.8 Å². The molecule has 0 aromatic carbocycles. The minimum atomic E-state index is -1.95. The number of amides is 1. The van der Waals surface area contributed by atoms with Crippen molar-refractivity contribution in [1.82, 2.24) is 5.32 Å². The van der Waals surface area contributed by atoms with Crippen LogP contribution in [0.3, 0.4) is 0 Å². The molecule has 4 rings (SSSR count). The zero-order valence-corrected chi connectivity index (χ0v) is 25.3. The molecule has 21 heteroatoms. The summed E-state index contributed by atoms with van der Waals surface area (Å²) in [5.74, 6) is -0.710. The molecule has 4 heterocycles. The number of hydrogen-bond donors (Lipinski definition) is 13. The first-order chi connectivity index (χ1) is 22.1. The van der Waals surface area contributed by atoms with E-state index >= 15 is 0 Å². The van der Waals surface area contributed by atoms with Crippen LogP contribution in [-0.4, -0.2) is 210 Å². The van der Waals surface area contributed by atoms with Gasteiger partial charge in [-0.3, -0.25) is 4.79 Å². The Morgan fingerprint density at radius 1 is 0.553 bits per heavy atom. The molecule has 4 fully saturated rings. The van der Waals surface area contributed by atoms with Crippen molar-refractivity contribution in [3.05, 3.63) is 0 Å². The lowest BCUT2D eigenvalue weighted by Gasteiger charge is -2.50. The first-order valence-corrected chi connectivity index (χ1v) is 15.0. The van der Waals surface area contributed by atoms with Crippen LogP contribution in [0, 0.1) is 0 Å². The first-order valence-electron chi connectivity index (χ1n) is 15.0. The second-order valence-corrected chi connectivity index (χ2v) is 11.9. The Labute approximate surface area is 267 Å². The van der Waals surface area contributed by atoms with Gasteiger partial charge in [-0.25, -0.2) is 0 Å². The number of carbonyl (C=O) groups is 1. The molecule has 0 aliphatic carbocycles. The van der Waals surface area contributed by atoms with E-state index in [0.29, 0.717) is 0 Å². The van der Waals surface area contributed by atoms with Crippen molar-refractivity contribution < 1.29 is 99.2 Å². The van der Waals surface area contributed by atoms with Crippen molar-refractivity contribution in [1.29, 1.82) is 0 Å². The lowest BCUT2D eigenvalue weighted by atomic mass is 9.94. The largest absolute Gasteiger partial charge is 0.394 e. The van der Waals surface area contributed by atoms with E-state index in [4.69, 9.17) is 33.2 Å². The molecule has 0 aromatic heterocycles. The number of aliphatic hydroxyl groups excluding tert-OH is 12. The van der Waals surface area contributed by atoms with Crippen LogP contribution in [0.2, 0.25) is 0 Å². The number of nitrogens with one attached hydrogen (secondary N) is 1. The van der Waals surface area contributed by atoms with E-state index < -0.39 is 148 Å². The van der Waals surface area contributed by atoms with Gasteiger partial charge in [0, 0.05) is 6.92 Å². The molecule has 1 amide bonds. The quantitative estimate of drug-likeness (QED) is 0.101. The van der Waals surface area contributed by atoms with Crippen LogP contribution in [-0.2, 0) is 38.0 Å². The summed E-state index contributed by atoms with van der Waals surface area (Å²) in [6.45, 7) is -0.177. The fraction of sp³-hybridized carbons (Fsp3) is 0.962. The Balaban J connectivity index is 1.73. The number of rotatable bonds is 10. The van der Waals surface area contributed by atoms with E-state index in [1.807, 2.05) is 0 Å². The number of hydrogen-bond acceptors (Lipinski definition) is 20. The summed E-state index contributed by atoms with van der Waals surface area (Å²) in [6.07, 6.45) is -33.0. The molecule has 4 saturated heterocycles. The van der Waals surface area contributed by atoms with Crippen LogP contribution >= 0.6 is 0 Å². The standard InChI is InChI=1S/C26H45NO20/c1-6-12(32)16(36)19(39)25(41-6)47-22-21(46-24-11(27-7(2)31)15(35)13(33)8(3-28)43-24)14(34)9(4-29)44-26(22)45-20-10(5-30)42-23(40)18(38)17(20)37/h6,8-26,28-30,32-40H,3-5H2,1-2H3,(H,27,31)/t6-,8+,9+,10+,11+,12+,13-,14-,15+,16+,17+,18+,19-,20+,21-,22+,23?,24+,25-,26-/m0/s1. The van der Waals surface area contributed by atoms with Gasteiger partial charge in [0.1, 0.15) is 91.5 Å². The molecule has 4 aliphatic heterocycles. The van der Waals surface area contributed by atoms with Gasteiger partial charge < -0.3 is 99.8 Å². The maximum Gasteiger partial charge on any atom is 0.217 e. The number of aliphatic hydroxyl groups is 12. The Morgan fingerprint density at radius 3 is 1.70 bits per heavy atom. The second kappa shape index (κ2) is 16.2. The summed E-state index contributed by atoms with van der Waals surface area (Å²) in [7, 11) is 0. The Morgan fingerprint density at radius 2 is 1.11 bits per heavy atom. The van der Waals surface area contributed by atoms with Gasteiger partial charge in [-0.15, -0.1) is 0 Å². The third-order valence-electron chi connectivity index (χ3n) is 8.57. The van der Waals surface area contributed by atoms with Crippen molar-refractivity contribution >= 4 is 5.91 Å². The molecule has 13 N–H and O–H groups in total. The lowest BCUT2D eigenvalue weighted by molar-refractivity contribution is -0.400. The zero-order chi connectivity index (χ0) is 34.9. The zero-order valence-electron chi connectivity index (χ0n) is 25.3. The summed E-state index contributed by atoms with van der Waals surface area (Å²) >= 11 is 0. The van der Waals surface area contributed by atoms with Gasteiger partial charge in [-0.1, -0.05) is 0 Å².